The summed E-state index contributed by atoms with van der Waals surface area (Å²) in [5.74, 6) is 1.60. The maximum Gasteiger partial charge on any atom is 0.194 e. The Labute approximate surface area is 110 Å². The molecule has 2 aromatic heterocycles. The third kappa shape index (κ3) is 2.16. The molecule has 0 N–H and O–H groups in total. The molecule has 3 aromatic rings. The predicted molar refractivity (Wildman–Crippen MR) is 71.0 cm³/mol. The number of tetrazole rings is 1. The van der Waals surface area contributed by atoms with Crippen LogP contribution in [0.3, 0.4) is 0 Å². The van der Waals surface area contributed by atoms with Gasteiger partial charge >= 0.3 is 0 Å². The predicted octanol–water partition coefficient (Wildman–Crippen LogP) is 1.61. The summed E-state index contributed by atoms with van der Waals surface area (Å²) in [7, 11) is 1.76. The van der Waals surface area contributed by atoms with Crippen molar-refractivity contribution in [3.8, 4) is 5.75 Å². The fraction of sp³-hybridized carbons (Fsp3) is 0.308. The molecule has 0 atom stereocenters. The number of aryl methyl sites for hydroxylation is 1. The van der Waals surface area contributed by atoms with Gasteiger partial charge in [0.25, 0.3) is 0 Å². The highest BCUT2D eigenvalue weighted by Crippen LogP contribution is 2.26. The zero-order chi connectivity index (χ0) is 13.2. The fourth-order valence-corrected chi connectivity index (χ4v) is 2.15. The first-order valence-corrected chi connectivity index (χ1v) is 6.21. The van der Waals surface area contributed by atoms with Gasteiger partial charge in [0, 0.05) is 11.6 Å². The molecule has 0 saturated heterocycles. The van der Waals surface area contributed by atoms with Gasteiger partial charge in [0.05, 0.1) is 25.7 Å². The van der Waals surface area contributed by atoms with Crippen molar-refractivity contribution in [2.75, 3.05) is 6.61 Å². The molecule has 19 heavy (non-hydrogen) atoms. The maximum absolute atomic E-state index is 5.63. The molecule has 1 aromatic carbocycles. The van der Waals surface area contributed by atoms with Crippen molar-refractivity contribution in [2.45, 2.75) is 13.5 Å². The molecule has 0 unspecified atom stereocenters. The van der Waals surface area contributed by atoms with Gasteiger partial charge in [-0.2, -0.15) is 4.80 Å². The van der Waals surface area contributed by atoms with E-state index in [1.54, 1.807) is 7.05 Å². The molecule has 3 rings (SSSR count). The Hall–Kier alpha value is -2.37. The lowest BCUT2D eigenvalue weighted by Gasteiger charge is -2.06. The highest BCUT2D eigenvalue weighted by atomic mass is 16.5. The Bertz CT molecular complexity index is 700. The number of hydrogen-bond acceptors (Lipinski definition) is 4. The lowest BCUT2D eigenvalue weighted by molar-refractivity contribution is 0.344. The number of fused-ring (bicyclic) bond motifs is 1. The van der Waals surface area contributed by atoms with E-state index in [0.717, 1.165) is 16.7 Å². The molecule has 98 valence electrons. The number of aromatic nitrogens is 5. The van der Waals surface area contributed by atoms with Crippen LogP contribution in [0.4, 0.5) is 0 Å². The van der Waals surface area contributed by atoms with E-state index in [0.29, 0.717) is 19.0 Å². The lowest BCUT2D eigenvalue weighted by atomic mass is 10.2. The van der Waals surface area contributed by atoms with Gasteiger partial charge < -0.3 is 9.30 Å². The number of benzene rings is 1. The summed E-state index contributed by atoms with van der Waals surface area (Å²) in [5, 5.41) is 13.1. The highest BCUT2D eigenvalue weighted by Gasteiger charge is 2.08. The highest BCUT2D eigenvalue weighted by molar-refractivity contribution is 5.86. The van der Waals surface area contributed by atoms with Crippen molar-refractivity contribution < 1.29 is 4.74 Å². The summed E-state index contributed by atoms with van der Waals surface area (Å²) in [6.45, 7) is 3.25. The third-order valence-electron chi connectivity index (χ3n) is 2.94. The van der Waals surface area contributed by atoms with E-state index in [1.807, 2.05) is 25.3 Å². The fourth-order valence-electron chi connectivity index (χ4n) is 2.15. The van der Waals surface area contributed by atoms with E-state index in [4.69, 9.17) is 4.74 Å². The molecule has 6 heteroatoms. The largest absolute Gasteiger partial charge is 0.493 e. The molecule has 2 heterocycles. The summed E-state index contributed by atoms with van der Waals surface area (Å²) in [5.41, 5.74) is 1.11. The smallest absolute Gasteiger partial charge is 0.194 e. The van der Waals surface area contributed by atoms with Gasteiger partial charge in [0.2, 0.25) is 0 Å². The van der Waals surface area contributed by atoms with Crippen LogP contribution in [0, 0.1) is 0 Å². The zero-order valence-corrected chi connectivity index (χ0v) is 10.9. The zero-order valence-electron chi connectivity index (χ0n) is 10.9. The van der Waals surface area contributed by atoms with E-state index in [1.165, 1.54) is 4.80 Å². The second-order valence-electron chi connectivity index (χ2n) is 4.26. The Morgan fingerprint density at radius 3 is 2.89 bits per heavy atom. The molecule has 0 amide bonds. The van der Waals surface area contributed by atoms with Gasteiger partial charge in [-0.15, -0.1) is 10.2 Å². The number of rotatable bonds is 4. The second kappa shape index (κ2) is 4.72. The molecule has 0 radical (unpaired) electrons. The summed E-state index contributed by atoms with van der Waals surface area (Å²) in [6, 6.07) is 8.09. The quantitative estimate of drug-likeness (QED) is 0.712. The molecule has 0 bridgehead atoms. The minimum atomic E-state index is 0.604. The van der Waals surface area contributed by atoms with E-state index in [2.05, 4.69) is 32.1 Å². The van der Waals surface area contributed by atoms with Crippen LogP contribution in [0.2, 0.25) is 0 Å². The van der Waals surface area contributed by atoms with E-state index < -0.39 is 0 Å². The Morgan fingerprint density at radius 2 is 2.16 bits per heavy atom. The summed E-state index contributed by atoms with van der Waals surface area (Å²) < 4.78 is 7.72. The van der Waals surface area contributed by atoms with Crippen LogP contribution >= 0.6 is 0 Å². The van der Waals surface area contributed by atoms with E-state index in [-0.39, 0.29) is 0 Å². The Balaban J connectivity index is 1.98. The van der Waals surface area contributed by atoms with E-state index >= 15 is 0 Å². The van der Waals surface area contributed by atoms with Crippen LogP contribution in [0.15, 0.2) is 30.5 Å². The normalized spacial score (nSPS) is 11.1. The minimum absolute atomic E-state index is 0.604. The van der Waals surface area contributed by atoms with Crippen molar-refractivity contribution in [3.05, 3.63) is 36.3 Å². The molecule has 0 fully saturated rings. The van der Waals surface area contributed by atoms with Crippen molar-refractivity contribution in [1.29, 1.82) is 0 Å². The summed E-state index contributed by atoms with van der Waals surface area (Å²) >= 11 is 0. The van der Waals surface area contributed by atoms with Gasteiger partial charge in [0.1, 0.15) is 5.75 Å². The number of nitrogens with zero attached hydrogens (tertiary/aromatic N) is 5. The van der Waals surface area contributed by atoms with E-state index in [9.17, 15) is 0 Å². The van der Waals surface area contributed by atoms with Gasteiger partial charge in [-0.3, -0.25) is 0 Å². The van der Waals surface area contributed by atoms with Gasteiger partial charge in [-0.25, -0.2) is 0 Å². The molecule has 0 saturated carbocycles. The second-order valence-corrected chi connectivity index (χ2v) is 4.26. The first kappa shape index (κ1) is 11.7. The van der Waals surface area contributed by atoms with Crippen molar-refractivity contribution >= 4 is 10.9 Å². The first-order valence-electron chi connectivity index (χ1n) is 6.21. The first-order chi connectivity index (χ1) is 9.28. The molecule has 0 aliphatic carbocycles. The minimum Gasteiger partial charge on any atom is -0.493 e. The summed E-state index contributed by atoms with van der Waals surface area (Å²) in [4.78, 5) is 1.46. The Kier molecular flexibility index (Phi) is 2.91. The van der Waals surface area contributed by atoms with Crippen LogP contribution in [-0.2, 0) is 13.6 Å². The molecular formula is C13H15N5O. The third-order valence-corrected chi connectivity index (χ3v) is 2.94. The number of hydrogen-bond donors (Lipinski definition) is 0. The van der Waals surface area contributed by atoms with Gasteiger partial charge in [0.15, 0.2) is 5.82 Å². The molecular weight excluding hydrogens is 242 g/mol. The van der Waals surface area contributed by atoms with Crippen LogP contribution in [-0.4, -0.2) is 31.4 Å². The van der Waals surface area contributed by atoms with Crippen LogP contribution in [0.1, 0.15) is 12.7 Å². The number of ether oxygens (including phenoxy) is 1. The molecule has 0 aliphatic rings. The molecule has 0 aliphatic heterocycles. The topological polar surface area (TPSA) is 57.8 Å². The van der Waals surface area contributed by atoms with Crippen LogP contribution < -0.4 is 4.74 Å². The Morgan fingerprint density at radius 1 is 1.26 bits per heavy atom. The standard InChI is InChI=1S/C13H15N5O/c1-3-19-12-6-4-5-11-10(12)7-8-18(11)9-13-14-16-17(2)15-13/h4-8H,3,9H2,1-2H3. The van der Waals surface area contributed by atoms with Crippen molar-refractivity contribution in [2.24, 2.45) is 7.05 Å². The average molecular weight is 257 g/mol. The van der Waals surface area contributed by atoms with Crippen LogP contribution in [0.5, 0.6) is 5.75 Å². The van der Waals surface area contributed by atoms with Crippen molar-refractivity contribution in [1.82, 2.24) is 24.8 Å². The SMILES string of the molecule is CCOc1cccc2c1ccn2Cc1nnn(C)n1. The maximum atomic E-state index is 5.63. The van der Waals surface area contributed by atoms with Crippen molar-refractivity contribution in [3.63, 3.8) is 0 Å². The van der Waals surface area contributed by atoms with Gasteiger partial charge in [-0.1, -0.05) is 6.07 Å². The molecule has 0 spiro atoms. The average Bonchev–Trinajstić information content (AvgIpc) is 2.99. The monoisotopic (exact) mass is 257 g/mol. The summed E-state index contributed by atoms with van der Waals surface area (Å²) in [6.07, 6.45) is 2.02. The molecule has 6 nitrogen and oxygen atoms in total. The van der Waals surface area contributed by atoms with Crippen LogP contribution in [0.25, 0.3) is 10.9 Å². The van der Waals surface area contributed by atoms with Gasteiger partial charge in [-0.05, 0) is 30.3 Å². The lowest BCUT2D eigenvalue weighted by Crippen LogP contribution is -2.01.